The summed E-state index contributed by atoms with van der Waals surface area (Å²) in [6.07, 6.45) is -5.43. The summed E-state index contributed by atoms with van der Waals surface area (Å²) >= 11 is 0. The van der Waals surface area contributed by atoms with Crippen LogP contribution in [0.3, 0.4) is 0 Å². The van der Waals surface area contributed by atoms with E-state index < -0.39 is 37.2 Å². The summed E-state index contributed by atoms with van der Waals surface area (Å²) in [6.45, 7) is -0.872. The number of amides is 1. The lowest BCUT2D eigenvalue weighted by Crippen LogP contribution is -2.36. The molecule has 1 heterocycles. The summed E-state index contributed by atoms with van der Waals surface area (Å²) in [4.78, 5) is 24.8. The van der Waals surface area contributed by atoms with E-state index in [1.54, 1.807) is 12.1 Å². The van der Waals surface area contributed by atoms with E-state index in [4.69, 9.17) is 0 Å². The molecule has 1 aromatic carbocycles. The van der Waals surface area contributed by atoms with Gasteiger partial charge in [-0.25, -0.2) is 4.68 Å². The predicted octanol–water partition coefficient (Wildman–Crippen LogP) is 2.32. The molecule has 24 heavy (non-hydrogen) atoms. The number of carbonyl (C=O) groups is 1. The molecular formula is C16H16F3N3O2. The number of aromatic nitrogens is 2. The van der Waals surface area contributed by atoms with Gasteiger partial charge in [0, 0.05) is 25.2 Å². The van der Waals surface area contributed by atoms with Crippen LogP contribution in [0.25, 0.3) is 11.3 Å². The monoisotopic (exact) mass is 339 g/mol. The minimum atomic E-state index is -4.34. The van der Waals surface area contributed by atoms with Crippen LogP contribution in [-0.2, 0) is 11.3 Å². The minimum Gasteiger partial charge on any atom is -0.344 e. The van der Waals surface area contributed by atoms with Gasteiger partial charge in [0.15, 0.2) is 0 Å². The van der Waals surface area contributed by atoms with Crippen LogP contribution in [0.4, 0.5) is 13.2 Å². The van der Waals surface area contributed by atoms with Crippen LogP contribution >= 0.6 is 0 Å². The number of benzene rings is 1. The molecule has 128 valence electrons. The van der Waals surface area contributed by atoms with Crippen LogP contribution in [-0.4, -0.2) is 40.4 Å². The van der Waals surface area contributed by atoms with E-state index in [1.165, 1.54) is 19.2 Å². The van der Waals surface area contributed by atoms with Crippen molar-refractivity contribution >= 4 is 5.91 Å². The van der Waals surface area contributed by atoms with E-state index in [9.17, 15) is 22.8 Å². The highest BCUT2D eigenvalue weighted by molar-refractivity contribution is 5.75. The van der Waals surface area contributed by atoms with Crippen molar-refractivity contribution in [2.45, 2.75) is 19.1 Å². The van der Waals surface area contributed by atoms with Crippen molar-refractivity contribution in [3.8, 4) is 11.3 Å². The third-order valence-electron chi connectivity index (χ3n) is 3.38. The molecule has 1 aromatic heterocycles. The van der Waals surface area contributed by atoms with Crippen LogP contribution in [0.2, 0.25) is 0 Å². The maximum absolute atomic E-state index is 12.2. The molecule has 0 spiro atoms. The number of carbonyl (C=O) groups excluding carboxylic acids is 1. The number of alkyl halides is 3. The van der Waals surface area contributed by atoms with Gasteiger partial charge >= 0.3 is 6.18 Å². The molecule has 0 saturated heterocycles. The quantitative estimate of drug-likeness (QED) is 0.840. The van der Waals surface area contributed by atoms with Crippen molar-refractivity contribution in [1.29, 1.82) is 0 Å². The van der Waals surface area contributed by atoms with Crippen LogP contribution < -0.4 is 5.56 Å². The molecule has 1 amide bonds. The molecule has 0 aliphatic heterocycles. The average molecular weight is 339 g/mol. The Morgan fingerprint density at radius 3 is 2.46 bits per heavy atom. The smallest absolute Gasteiger partial charge is 0.344 e. The van der Waals surface area contributed by atoms with Crippen LogP contribution in [0.1, 0.15) is 6.42 Å². The third kappa shape index (κ3) is 4.94. The molecule has 0 saturated carbocycles. The van der Waals surface area contributed by atoms with Gasteiger partial charge in [0.1, 0.15) is 6.54 Å². The standard InChI is InChI=1S/C16H16F3N3O2/c1-21(10-9-16(17,18)19)15(24)11-22-14(23)8-7-13(20-22)12-5-3-2-4-6-12/h2-8H,9-11H2,1H3. The first-order valence-corrected chi connectivity index (χ1v) is 7.20. The van der Waals surface area contributed by atoms with Gasteiger partial charge in [-0.2, -0.15) is 18.3 Å². The van der Waals surface area contributed by atoms with Crippen LogP contribution in [0.5, 0.6) is 0 Å². The van der Waals surface area contributed by atoms with Crippen molar-refractivity contribution in [1.82, 2.24) is 14.7 Å². The van der Waals surface area contributed by atoms with E-state index in [0.29, 0.717) is 5.69 Å². The Hall–Kier alpha value is -2.64. The number of rotatable bonds is 5. The molecule has 8 heteroatoms. The molecule has 5 nitrogen and oxygen atoms in total. The fourth-order valence-corrected chi connectivity index (χ4v) is 1.99. The van der Waals surface area contributed by atoms with Gasteiger partial charge in [0.05, 0.1) is 12.1 Å². The Kier molecular flexibility index (Phi) is 5.38. The van der Waals surface area contributed by atoms with Crippen molar-refractivity contribution in [3.63, 3.8) is 0 Å². The van der Waals surface area contributed by atoms with Gasteiger partial charge in [0.25, 0.3) is 5.56 Å². The minimum absolute atomic E-state index is 0.409. The average Bonchev–Trinajstić information content (AvgIpc) is 2.54. The molecule has 0 N–H and O–H groups in total. The van der Waals surface area contributed by atoms with E-state index in [-0.39, 0.29) is 0 Å². The van der Waals surface area contributed by atoms with Crippen molar-refractivity contribution in [3.05, 3.63) is 52.8 Å². The molecule has 0 unspecified atom stereocenters. The predicted molar refractivity (Wildman–Crippen MR) is 82.2 cm³/mol. The normalized spacial score (nSPS) is 11.3. The Morgan fingerprint density at radius 2 is 1.83 bits per heavy atom. The van der Waals surface area contributed by atoms with Gasteiger partial charge in [-0.3, -0.25) is 9.59 Å². The summed E-state index contributed by atoms with van der Waals surface area (Å²) in [5.41, 5.74) is 0.775. The van der Waals surface area contributed by atoms with Crippen molar-refractivity contribution in [2.24, 2.45) is 0 Å². The molecule has 2 rings (SSSR count). The fourth-order valence-electron chi connectivity index (χ4n) is 1.99. The maximum atomic E-state index is 12.2. The number of hydrogen-bond acceptors (Lipinski definition) is 3. The molecule has 0 bridgehead atoms. The Balaban J connectivity index is 2.12. The number of halogens is 3. The zero-order valence-corrected chi connectivity index (χ0v) is 13.0. The second-order valence-electron chi connectivity index (χ2n) is 5.26. The van der Waals surface area contributed by atoms with E-state index in [0.717, 1.165) is 15.1 Å². The van der Waals surface area contributed by atoms with Crippen molar-refractivity contribution < 1.29 is 18.0 Å². The first-order valence-electron chi connectivity index (χ1n) is 7.20. The second-order valence-corrected chi connectivity index (χ2v) is 5.26. The molecule has 0 atom stereocenters. The van der Waals surface area contributed by atoms with Gasteiger partial charge < -0.3 is 4.90 Å². The maximum Gasteiger partial charge on any atom is 0.390 e. The first-order chi connectivity index (χ1) is 11.3. The number of nitrogens with zero attached hydrogens (tertiary/aromatic N) is 3. The van der Waals surface area contributed by atoms with E-state index >= 15 is 0 Å². The fraction of sp³-hybridized carbons (Fsp3) is 0.312. The zero-order valence-electron chi connectivity index (χ0n) is 13.0. The number of likely N-dealkylation sites (N-methyl/N-ethyl adjacent to an activating group) is 1. The molecule has 2 aromatic rings. The SMILES string of the molecule is CN(CCC(F)(F)F)C(=O)Cn1nc(-c2ccccc2)ccc1=O. The van der Waals surface area contributed by atoms with Gasteiger partial charge in [-0.15, -0.1) is 0 Å². The third-order valence-corrected chi connectivity index (χ3v) is 3.38. The van der Waals surface area contributed by atoms with Gasteiger partial charge in [-0.05, 0) is 6.07 Å². The lowest BCUT2D eigenvalue weighted by molar-refractivity contribution is -0.144. The summed E-state index contributed by atoms with van der Waals surface area (Å²) in [5, 5.41) is 4.11. The highest BCUT2D eigenvalue weighted by atomic mass is 19.4. The van der Waals surface area contributed by atoms with E-state index in [1.807, 2.05) is 18.2 Å². The summed E-state index contributed by atoms with van der Waals surface area (Å²) in [5.74, 6) is -0.612. The first kappa shape index (κ1) is 17.7. The lowest BCUT2D eigenvalue weighted by atomic mass is 10.1. The van der Waals surface area contributed by atoms with Gasteiger partial charge in [-0.1, -0.05) is 30.3 Å². The molecule has 0 aliphatic carbocycles. The topological polar surface area (TPSA) is 55.2 Å². The zero-order chi connectivity index (χ0) is 17.7. The molecular weight excluding hydrogens is 323 g/mol. The number of hydrogen-bond donors (Lipinski definition) is 0. The highest BCUT2D eigenvalue weighted by Crippen LogP contribution is 2.19. The van der Waals surface area contributed by atoms with Crippen LogP contribution in [0.15, 0.2) is 47.3 Å². The summed E-state index contributed by atoms with van der Waals surface area (Å²) in [6, 6.07) is 11.9. The summed E-state index contributed by atoms with van der Waals surface area (Å²) in [7, 11) is 1.26. The largest absolute Gasteiger partial charge is 0.390 e. The molecule has 0 fully saturated rings. The molecule has 0 radical (unpaired) electrons. The van der Waals surface area contributed by atoms with E-state index in [2.05, 4.69) is 5.10 Å². The van der Waals surface area contributed by atoms with Gasteiger partial charge in [0.2, 0.25) is 5.91 Å². The lowest BCUT2D eigenvalue weighted by Gasteiger charge is -2.18. The van der Waals surface area contributed by atoms with Crippen molar-refractivity contribution in [2.75, 3.05) is 13.6 Å². The van der Waals surface area contributed by atoms with Crippen LogP contribution in [0, 0.1) is 0 Å². The Bertz CT molecular complexity index is 757. The highest BCUT2D eigenvalue weighted by Gasteiger charge is 2.28. The molecule has 0 aliphatic rings. The Labute approximate surface area is 136 Å². The second kappa shape index (κ2) is 7.29. The Morgan fingerprint density at radius 1 is 1.17 bits per heavy atom. The summed E-state index contributed by atoms with van der Waals surface area (Å²) < 4.78 is 37.6.